The molecule has 0 aliphatic carbocycles. The van der Waals surface area contributed by atoms with Crippen LogP contribution in [0.3, 0.4) is 0 Å². The number of hydrogen-bond donors (Lipinski definition) is 2. The lowest BCUT2D eigenvalue weighted by Crippen LogP contribution is -2.68. The molecule has 3 heterocycles. The zero-order valence-electron chi connectivity index (χ0n) is 11.0. The molecule has 3 aliphatic rings. The molecule has 3 N–H and O–H groups in total. The number of rotatable bonds is 3. The summed E-state index contributed by atoms with van der Waals surface area (Å²) >= 11 is 1.66. The van der Waals surface area contributed by atoms with E-state index in [2.05, 4.69) is 11.9 Å². The number of amides is 1. The summed E-state index contributed by atoms with van der Waals surface area (Å²) in [4.78, 5) is 17.8. The van der Waals surface area contributed by atoms with Gasteiger partial charge in [0.1, 0.15) is 18.0 Å². The van der Waals surface area contributed by atoms with Crippen molar-refractivity contribution in [1.29, 1.82) is 0 Å². The van der Waals surface area contributed by atoms with Crippen molar-refractivity contribution >= 4 is 17.7 Å². The molecule has 0 bridgehead atoms. The van der Waals surface area contributed by atoms with Crippen LogP contribution in [0.1, 0.15) is 12.8 Å². The molecule has 3 rings (SSSR count). The van der Waals surface area contributed by atoms with Gasteiger partial charge in [0.05, 0.1) is 25.7 Å². The quantitative estimate of drug-likeness (QED) is 0.335. The smallest absolute Gasteiger partial charge is 0.250 e. The topological polar surface area (TPSA) is 75.8 Å². The fraction of sp³-hybridized carbons (Fsp3) is 0.750. The van der Waals surface area contributed by atoms with Gasteiger partial charge in [0.2, 0.25) is 11.8 Å². The molecular weight excluding hydrogens is 266 g/mol. The molecule has 0 aromatic carbocycles. The van der Waals surface area contributed by atoms with Crippen molar-refractivity contribution in [3.8, 4) is 0 Å². The Morgan fingerprint density at radius 3 is 2.84 bits per heavy atom. The molecule has 0 radical (unpaired) electrons. The third-order valence-electron chi connectivity index (χ3n) is 4.34. The fourth-order valence-electron chi connectivity index (χ4n) is 3.24. The third-order valence-corrected chi connectivity index (χ3v) is 5.70. The fourth-order valence-corrected chi connectivity index (χ4v) is 4.50. The van der Waals surface area contributed by atoms with Crippen LogP contribution in [-0.2, 0) is 9.68 Å². The van der Waals surface area contributed by atoms with Gasteiger partial charge in [-0.15, -0.1) is 11.8 Å². The normalized spacial score (nSPS) is 33.2. The predicted molar refractivity (Wildman–Crippen MR) is 71.8 cm³/mol. The van der Waals surface area contributed by atoms with Crippen LogP contribution >= 0.6 is 11.8 Å². The molecule has 0 saturated carbocycles. The van der Waals surface area contributed by atoms with Crippen LogP contribution in [0.5, 0.6) is 0 Å². The lowest BCUT2D eigenvalue weighted by molar-refractivity contribution is -0.893. The molecule has 0 spiro atoms. The summed E-state index contributed by atoms with van der Waals surface area (Å²) in [7, 11) is 2.22. The van der Waals surface area contributed by atoms with Crippen molar-refractivity contribution < 1.29 is 19.4 Å². The summed E-state index contributed by atoms with van der Waals surface area (Å²) < 4.78 is 0.960. The highest BCUT2D eigenvalue weighted by molar-refractivity contribution is 8.00. The first-order chi connectivity index (χ1) is 9.06. The Labute approximate surface area is 116 Å². The number of likely N-dealkylation sites (tertiary alicyclic amines) is 1. The largest absolute Gasteiger partial charge is 0.322 e. The maximum atomic E-state index is 11.8. The van der Waals surface area contributed by atoms with E-state index >= 15 is 0 Å². The Hall–Kier alpha value is -0.760. The summed E-state index contributed by atoms with van der Waals surface area (Å²) in [6.45, 7) is 3.11. The van der Waals surface area contributed by atoms with Crippen molar-refractivity contribution in [3.63, 3.8) is 0 Å². The standard InChI is InChI=1S/C12H19N3O3S/c1-15(4-2-3-5-15)6-8-7-19-12-9(13)10(16)14(12)11(8)18-17/h9,12H,2-7,13H2,1H3/p+1. The predicted octanol–water partition coefficient (Wildman–Crippen LogP) is 0.170. The highest BCUT2D eigenvalue weighted by atomic mass is 32.2. The summed E-state index contributed by atoms with van der Waals surface area (Å²) in [5, 5.41) is 9.06. The first kappa shape index (κ1) is 13.2. The summed E-state index contributed by atoms with van der Waals surface area (Å²) in [5.41, 5.74) is 6.76. The Morgan fingerprint density at radius 1 is 1.53 bits per heavy atom. The molecular formula is C12H20N3O3S+. The van der Waals surface area contributed by atoms with Crippen LogP contribution in [0, 0.1) is 0 Å². The number of hydrogen-bond acceptors (Lipinski definition) is 5. The molecule has 7 heteroatoms. The second-order valence-corrected chi connectivity index (χ2v) is 6.97. The van der Waals surface area contributed by atoms with E-state index in [0.717, 1.165) is 35.4 Å². The van der Waals surface area contributed by atoms with Crippen LogP contribution in [0.2, 0.25) is 0 Å². The van der Waals surface area contributed by atoms with E-state index in [-0.39, 0.29) is 11.3 Å². The minimum atomic E-state index is -0.465. The van der Waals surface area contributed by atoms with Crippen molar-refractivity contribution in [1.82, 2.24) is 4.90 Å². The van der Waals surface area contributed by atoms with Crippen LogP contribution in [0.15, 0.2) is 11.5 Å². The lowest BCUT2D eigenvalue weighted by Gasteiger charge is -2.47. The number of β-lactam (4-membered cyclic amide) rings is 1. The van der Waals surface area contributed by atoms with Crippen molar-refractivity contribution in [2.75, 3.05) is 32.4 Å². The molecule has 3 aliphatic heterocycles. The number of likely N-dealkylation sites (N-methyl/N-ethyl adjacent to an activating group) is 1. The minimum Gasteiger partial charge on any atom is -0.322 e. The number of quaternary nitrogens is 1. The second kappa shape index (κ2) is 4.66. The van der Waals surface area contributed by atoms with Crippen LogP contribution < -0.4 is 5.73 Å². The zero-order valence-corrected chi connectivity index (χ0v) is 11.9. The van der Waals surface area contributed by atoms with Crippen LogP contribution in [-0.4, -0.2) is 64.4 Å². The number of nitrogens with zero attached hydrogens (tertiary/aromatic N) is 2. The number of thioether (sulfide) groups is 1. The Morgan fingerprint density at radius 2 is 2.21 bits per heavy atom. The minimum absolute atomic E-state index is 0.0812. The van der Waals surface area contributed by atoms with Gasteiger partial charge < -0.3 is 15.1 Å². The molecule has 2 saturated heterocycles. The Kier molecular flexibility index (Phi) is 3.24. The van der Waals surface area contributed by atoms with Gasteiger partial charge in [0, 0.05) is 18.6 Å². The molecule has 1 amide bonds. The van der Waals surface area contributed by atoms with Crippen molar-refractivity contribution in [3.05, 3.63) is 11.5 Å². The molecule has 19 heavy (non-hydrogen) atoms. The van der Waals surface area contributed by atoms with E-state index in [1.165, 1.54) is 17.7 Å². The first-order valence-corrected chi connectivity index (χ1v) is 7.68. The lowest BCUT2D eigenvalue weighted by atomic mass is 10.1. The molecule has 106 valence electrons. The third kappa shape index (κ3) is 2.05. The van der Waals surface area contributed by atoms with E-state index < -0.39 is 6.04 Å². The highest BCUT2D eigenvalue weighted by Crippen LogP contribution is 2.40. The monoisotopic (exact) mass is 286 g/mol. The average molecular weight is 286 g/mol. The first-order valence-electron chi connectivity index (χ1n) is 6.63. The summed E-state index contributed by atoms with van der Waals surface area (Å²) in [6.07, 6.45) is 2.48. The van der Waals surface area contributed by atoms with Crippen LogP contribution in [0.4, 0.5) is 0 Å². The molecule has 0 aromatic rings. The summed E-state index contributed by atoms with van der Waals surface area (Å²) in [5.74, 6) is 0.927. The maximum Gasteiger partial charge on any atom is 0.250 e. The zero-order chi connectivity index (χ0) is 13.6. The van der Waals surface area contributed by atoms with E-state index in [0.29, 0.717) is 5.88 Å². The molecule has 0 aromatic heterocycles. The van der Waals surface area contributed by atoms with E-state index in [4.69, 9.17) is 11.0 Å². The molecule has 6 nitrogen and oxygen atoms in total. The molecule has 2 fully saturated rings. The van der Waals surface area contributed by atoms with Gasteiger partial charge in [0.15, 0.2) is 0 Å². The Balaban J connectivity index is 1.83. The SMILES string of the molecule is C[N+]1(CC2=C(OO)N3C(=O)C(N)C3SC2)CCCC1. The number of carbonyl (C=O) groups is 1. The average Bonchev–Trinajstić information content (AvgIpc) is 2.83. The van der Waals surface area contributed by atoms with Gasteiger partial charge in [0.25, 0.3) is 0 Å². The van der Waals surface area contributed by atoms with E-state index in [9.17, 15) is 4.79 Å². The van der Waals surface area contributed by atoms with Gasteiger partial charge in [-0.2, -0.15) is 0 Å². The van der Waals surface area contributed by atoms with Crippen molar-refractivity contribution in [2.45, 2.75) is 24.3 Å². The van der Waals surface area contributed by atoms with Gasteiger partial charge in [-0.1, -0.05) is 0 Å². The molecule has 2 unspecified atom stereocenters. The van der Waals surface area contributed by atoms with E-state index in [1.807, 2.05) is 0 Å². The Bertz CT molecular complexity index is 434. The molecule has 2 atom stereocenters. The number of nitrogens with two attached hydrogens (primary N) is 1. The van der Waals surface area contributed by atoms with Gasteiger partial charge in [-0.05, 0) is 0 Å². The number of fused-ring (bicyclic) bond motifs is 1. The summed E-state index contributed by atoms with van der Waals surface area (Å²) in [6, 6.07) is -0.465. The highest BCUT2D eigenvalue weighted by Gasteiger charge is 2.52. The van der Waals surface area contributed by atoms with Crippen molar-refractivity contribution in [2.24, 2.45) is 5.73 Å². The van der Waals surface area contributed by atoms with Gasteiger partial charge >= 0.3 is 0 Å². The second-order valence-electron chi connectivity index (χ2n) is 5.87. The maximum absolute atomic E-state index is 11.8. The number of carbonyl (C=O) groups excluding carboxylic acids is 1. The van der Waals surface area contributed by atoms with Crippen LogP contribution in [0.25, 0.3) is 0 Å². The van der Waals surface area contributed by atoms with E-state index in [1.54, 1.807) is 11.8 Å². The van der Waals surface area contributed by atoms with Gasteiger partial charge in [-0.3, -0.25) is 9.69 Å². The van der Waals surface area contributed by atoms with Gasteiger partial charge in [-0.25, -0.2) is 5.26 Å².